The molecule has 0 saturated carbocycles. The van der Waals surface area contributed by atoms with E-state index in [0.29, 0.717) is 0 Å². The monoisotopic (exact) mass is 882 g/mol. The quantitative estimate of drug-likeness (QED) is 0.0918. The molecule has 0 saturated heterocycles. The zero-order valence-electron chi connectivity index (χ0n) is 36.9. The Hall–Kier alpha value is -5.01. The summed E-state index contributed by atoms with van der Waals surface area (Å²) >= 11 is 0. The van der Waals surface area contributed by atoms with Gasteiger partial charge in [0.2, 0.25) is 0 Å². The van der Waals surface area contributed by atoms with Gasteiger partial charge in [0, 0.05) is 0 Å². The normalized spacial score (nSPS) is 11.9. The van der Waals surface area contributed by atoms with Gasteiger partial charge >= 0.3 is 26.2 Å². The fourth-order valence-electron chi connectivity index (χ4n) is 8.45. The van der Waals surface area contributed by atoms with Gasteiger partial charge in [-0.05, 0) is 57.0 Å². The van der Waals surface area contributed by atoms with E-state index in [2.05, 4.69) is 230 Å². The Morgan fingerprint density at radius 3 is 1.70 bits per heavy atom. The van der Waals surface area contributed by atoms with E-state index in [-0.39, 0.29) is 37.0 Å². The summed E-state index contributed by atoms with van der Waals surface area (Å²) in [5.74, 6) is 0. The van der Waals surface area contributed by atoms with Crippen LogP contribution in [-0.2, 0) is 49.9 Å². The van der Waals surface area contributed by atoms with Crippen molar-refractivity contribution >= 4 is 52.2 Å². The van der Waals surface area contributed by atoms with Gasteiger partial charge in [0.1, 0.15) is 9.52 Å². The summed E-state index contributed by atoms with van der Waals surface area (Å²) in [6.07, 6.45) is 3.35. The third kappa shape index (κ3) is 10.0. The van der Waals surface area contributed by atoms with E-state index < -0.39 is 0 Å². The molecule has 0 N–H and O–H groups in total. The SMILES string of the molecule is CC(C)(C)c1c[c-]c2c(c1)-c1cc(C(C)(C)C)ccc1C2.CCCc1cc2c(-c3c4ccccc4cc4ccccc34)cccc2[cH-]1.[Zr+2].c1ccc([Si]c2ccccc2)cc1. The van der Waals surface area contributed by atoms with E-state index in [1.807, 2.05) is 0 Å². The molecule has 0 heterocycles. The van der Waals surface area contributed by atoms with E-state index in [0.717, 1.165) is 22.4 Å². The van der Waals surface area contributed by atoms with Crippen LogP contribution in [0.1, 0.15) is 82.7 Å². The molecule has 300 valence electrons. The Bertz CT molecular complexity index is 2730. The Morgan fingerprint density at radius 1 is 0.541 bits per heavy atom. The van der Waals surface area contributed by atoms with Gasteiger partial charge < -0.3 is 0 Å². The Balaban J connectivity index is 0.000000144. The number of rotatable bonds is 5. The number of aryl methyl sites for hydroxylation is 1. The molecule has 0 fully saturated rings. The van der Waals surface area contributed by atoms with E-state index in [1.165, 1.54) is 99.2 Å². The topological polar surface area (TPSA) is 0 Å². The molecular weight excluding hydrogens is 828 g/mol. The first kappa shape index (κ1) is 44.1. The first-order chi connectivity index (χ1) is 29.0. The summed E-state index contributed by atoms with van der Waals surface area (Å²) in [5, 5.41) is 10.8. The standard InChI is InChI=1S/C26H21.C21H25.C12H10Si.Zr/c1-2-8-18-15-19-11-7-14-24(25(19)16-18)26-22-12-5-3-9-20(22)17-21-10-4-6-13-23(21)26;1-20(2,3)16-9-7-14-11-15-8-10-17(21(4,5)6)13-19(15)18(14)12-16;1-3-7-11(8-4-1)13-12-9-5-2-6-10-12;/h3-7,9-17H,2,8H2,1H3;7,9-10,12-13H,11H2,1-6H3;1-10H;/q2*-1;;+2. The predicted octanol–water partition coefficient (Wildman–Crippen LogP) is 14.5. The van der Waals surface area contributed by atoms with Crippen molar-refractivity contribution < 1.29 is 26.2 Å². The third-order valence-corrected chi connectivity index (χ3v) is 13.0. The van der Waals surface area contributed by atoms with Gasteiger partial charge in [-0.15, -0.1) is 40.1 Å². The minimum atomic E-state index is 0. The summed E-state index contributed by atoms with van der Waals surface area (Å²) in [6, 6.07) is 67.5. The molecule has 0 aliphatic heterocycles. The zero-order valence-corrected chi connectivity index (χ0v) is 40.3. The van der Waals surface area contributed by atoms with Crippen LogP contribution in [0.5, 0.6) is 0 Å². The van der Waals surface area contributed by atoms with Crippen molar-refractivity contribution in [1.82, 2.24) is 0 Å². The van der Waals surface area contributed by atoms with Gasteiger partial charge in [-0.25, -0.2) is 0 Å². The second-order valence-corrected chi connectivity index (χ2v) is 19.7. The zero-order chi connectivity index (χ0) is 41.9. The maximum Gasteiger partial charge on any atom is 2.00 e. The number of fused-ring (bicyclic) bond motifs is 6. The predicted molar refractivity (Wildman–Crippen MR) is 263 cm³/mol. The van der Waals surface area contributed by atoms with Gasteiger partial charge in [0.25, 0.3) is 0 Å². The second-order valence-electron chi connectivity index (χ2n) is 18.3. The van der Waals surface area contributed by atoms with Gasteiger partial charge in [0.15, 0.2) is 0 Å². The van der Waals surface area contributed by atoms with Crippen molar-refractivity contribution in [1.29, 1.82) is 0 Å². The van der Waals surface area contributed by atoms with Crippen LogP contribution in [0.2, 0.25) is 0 Å². The molecule has 2 radical (unpaired) electrons. The molecule has 0 aromatic heterocycles. The molecule has 0 atom stereocenters. The molecule has 0 bridgehead atoms. The molecule has 9 aromatic rings. The van der Waals surface area contributed by atoms with Gasteiger partial charge in [0.05, 0.1) is 0 Å². The molecule has 1 aliphatic carbocycles. The molecule has 0 unspecified atom stereocenters. The fourth-order valence-corrected chi connectivity index (χ4v) is 9.50. The Kier molecular flexibility index (Phi) is 13.7. The third-order valence-electron chi connectivity index (χ3n) is 11.8. The minimum Gasteiger partial charge on any atom is -0.179 e. The molecule has 0 amide bonds. The Morgan fingerprint density at radius 2 is 1.11 bits per heavy atom. The molecule has 10 rings (SSSR count). The largest absolute Gasteiger partial charge is 2.00 e. The number of hydrogen-bond acceptors (Lipinski definition) is 0. The molecular formula is C59H56SiZr. The average Bonchev–Trinajstić information content (AvgIpc) is 3.84. The molecule has 0 spiro atoms. The molecule has 1 aliphatic rings. The van der Waals surface area contributed by atoms with Crippen LogP contribution in [0, 0.1) is 6.07 Å². The summed E-state index contributed by atoms with van der Waals surface area (Å²) < 4.78 is 0. The van der Waals surface area contributed by atoms with Crippen molar-refractivity contribution in [3.8, 4) is 22.3 Å². The van der Waals surface area contributed by atoms with Gasteiger partial charge in [-0.3, -0.25) is 0 Å². The van der Waals surface area contributed by atoms with Crippen LogP contribution in [0.25, 0.3) is 54.6 Å². The van der Waals surface area contributed by atoms with Gasteiger partial charge in [-0.1, -0.05) is 221 Å². The van der Waals surface area contributed by atoms with Crippen molar-refractivity contribution in [2.45, 2.75) is 78.6 Å². The smallest absolute Gasteiger partial charge is 0.179 e. The van der Waals surface area contributed by atoms with E-state index in [9.17, 15) is 0 Å². The summed E-state index contributed by atoms with van der Waals surface area (Å²) in [5.41, 5.74) is 12.9. The van der Waals surface area contributed by atoms with Crippen LogP contribution in [0.15, 0.2) is 176 Å². The fraction of sp³-hybridized carbons (Fsp3) is 0.203. The van der Waals surface area contributed by atoms with Crippen LogP contribution in [0.4, 0.5) is 0 Å². The first-order valence-corrected chi connectivity index (χ1v) is 22.6. The molecule has 61 heavy (non-hydrogen) atoms. The summed E-state index contributed by atoms with van der Waals surface area (Å²) in [6.45, 7) is 15.9. The first-order valence-electron chi connectivity index (χ1n) is 21.6. The van der Waals surface area contributed by atoms with Crippen molar-refractivity contribution in [3.63, 3.8) is 0 Å². The van der Waals surface area contributed by atoms with Gasteiger partial charge in [-0.2, -0.15) is 35.4 Å². The van der Waals surface area contributed by atoms with E-state index in [4.69, 9.17) is 0 Å². The summed E-state index contributed by atoms with van der Waals surface area (Å²) in [7, 11) is 0.777. The maximum absolute atomic E-state index is 3.53. The maximum atomic E-state index is 3.53. The van der Waals surface area contributed by atoms with E-state index >= 15 is 0 Å². The molecule has 9 aromatic carbocycles. The average molecular weight is 884 g/mol. The van der Waals surface area contributed by atoms with Crippen LogP contribution < -0.4 is 10.4 Å². The van der Waals surface area contributed by atoms with Crippen molar-refractivity contribution in [2.75, 3.05) is 0 Å². The molecule has 0 nitrogen and oxygen atoms in total. The number of hydrogen-bond donors (Lipinski definition) is 0. The number of benzene rings is 8. The van der Waals surface area contributed by atoms with Crippen LogP contribution in [-0.4, -0.2) is 9.52 Å². The van der Waals surface area contributed by atoms with Crippen LogP contribution in [0.3, 0.4) is 0 Å². The van der Waals surface area contributed by atoms with Crippen molar-refractivity contribution in [3.05, 3.63) is 210 Å². The minimum absolute atomic E-state index is 0. The summed E-state index contributed by atoms with van der Waals surface area (Å²) in [4.78, 5) is 0. The van der Waals surface area contributed by atoms with E-state index in [1.54, 1.807) is 0 Å². The van der Waals surface area contributed by atoms with Crippen LogP contribution >= 0.6 is 0 Å². The van der Waals surface area contributed by atoms with Crippen molar-refractivity contribution in [2.24, 2.45) is 0 Å². The second kappa shape index (κ2) is 18.9. The molecule has 2 heteroatoms. The Labute approximate surface area is 386 Å².